The van der Waals surface area contributed by atoms with E-state index < -0.39 is 0 Å². The van der Waals surface area contributed by atoms with Crippen molar-refractivity contribution in [3.63, 3.8) is 0 Å². The summed E-state index contributed by atoms with van der Waals surface area (Å²) in [6.07, 6.45) is 7.76. The number of hydrogen-bond acceptors (Lipinski definition) is 3. The zero-order chi connectivity index (χ0) is 16.0. The Balaban J connectivity index is 1.56. The molecular weight excluding hydrogens is 308 g/mol. The first-order chi connectivity index (χ1) is 11.1. The molecule has 2 amide bonds. The summed E-state index contributed by atoms with van der Waals surface area (Å²) in [4.78, 5) is 26.3. The molecular formula is C18H24N2O2S. The van der Waals surface area contributed by atoms with Gasteiger partial charge in [-0.15, -0.1) is 11.3 Å². The van der Waals surface area contributed by atoms with Crippen molar-refractivity contribution in [1.29, 1.82) is 0 Å². The minimum atomic E-state index is 0.00967. The SMILES string of the molecule is C[C@@H]1CC1C(=O)Nc1sc2c(c1C(=O)NCC1CC1)CCCC2. The highest BCUT2D eigenvalue weighted by atomic mass is 32.1. The molecule has 1 heterocycles. The molecule has 0 aromatic carbocycles. The normalized spacial score (nSPS) is 25.6. The molecule has 0 aliphatic heterocycles. The number of rotatable bonds is 5. The van der Waals surface area contributed by atoms with E-state index in [0.29, 0.717) is 11.8 Å². The van der Waals surface area contributed by atoms with Crippen molar-refractivity contribution in [3.05, 3.63) is 16.0 Å². The van der Waals surface area contributed by atoms with E-state index in [0.717, 1.165) is 42.8 Å². The maximum absolute atomic E-state index is 12.7. The average molecular weight is 332 g/mol. The summed E-state index contributed by atoms with van der Waals surface area (Å²) in [7, 11) is 0. The zero-order valence-corrected chi connectivity index (χ0v) is 14.4. The highest BCUT2D eigenvalue weighted by Gasteiger charge is 2.40. The molecule has 3 aliphatic rings. The summed E-state index contributed by atoms with van der Waals surface area (Å²) in [6, 6.07) is 0. The molecule has 3 aliphatic carbocycles. The van der Waals surface area contributed by atoms with E-state index in [9.17, 15) is 9.59 Å². The molecule has 1 aromatic rings. The minimum Gasteiger partial charge on any atom is -0.352 e. The van der Waals surface area contributed by atoms with Crippen LogP contribution in [-0.4, -0.2) is 18.4 Å². The molecule has 1 unspecified atom stereocenters. The maximum atomic E-state index is 12.7. The first-order valence-electron chi connectivity index (χ1n) is 8.87. The number of aryl methyl sites for hydroxylation is 1. The Morgan fingerprint density at radius 1 is 1.22 bits per heavy atom. The molecule has 4 nitrogen and oxygen atoms in total. The molecule has 0 spiro atoms. The Morgan fingerprint density at radius 2 is 1.96 bits per heavy atom. The molecule has 1 aromatic heterocycles. The predicted molar refractivity (Wildman–Crippen MR) is 91.9 cm³/mol. The topological polar surface area (TPSA) is 58.2 Å². The van der Waals surface area contributed by atoms with Gasteiger partial charge in [-0.2, -0.15) is 0 Å². The third kappa shape index (κ3) is 3.16. The van der Waals surface area contributed by atoms with Gasteiger partial charge in [0.15, 0.2) is 0 Å². The van der Waals surface area contributed by atoms with Crippen molar-refractivity contribution in [1.82, 2.24) is 5.32 Å². The van der Waals surface area contributed by atoms with Crippen LogP contribution in [0.2, 0.25) is 0 Å². The zero-order valence-electron chi connectivity index (χ0n) is 13.6. The smallest absolute Gasteiger partial charge is 0.254 e. The summed E-state index contributed by atoms with van der Waals surface area (Å²) >= 11 is 1.62. The third-order valence-corrected chi connectivity index (χ3v) is 6.54. The minimum absolute atomic E-state index is 0.00967. The van der Waals surface area contributed by atoms with Crippen LogP contribution in [0.1, 0.15) is 59.8 Å². The van der Waals surface area contributed by atoms with Gasteiger partial charge in [0.25, 0.3) is 5.91 Å². The van der Waals surface area contributed by atoms with Crippen LogP contribution in [0.15, 0.2) is 0 Å². The second-order valence-electron chi connectivity index (χ2n) is 7.38. The van der Waals surface area contributed by atoms with Gasteiger partial charge in [-0.3, -0.25) is 9.59 Å². The number of amides is 2. The standard InChI is InChI=1S/C18H24N2O2S/c1-10-8-13(10)16(21)20-18-15(17(22)19-9-11-6-7-11)12-4-2-3-5-14(12)23-18/h10-11,13H,2-9H2,1H3,(H,19,22)(H,20,21)/t10-,13?/m1/s1. The average Bonchev–Trinajstić information content (AvgIpc) is 3.44. The fraction of sp³-hybridized carbons (Fsp3) is 0.667. The van der Waals surface area contributed by atoms with E-state index in [-0.39, 0.29) is 17.7 Å². The van der Waals surface area contributed by atoms with Crippen LogP contribution in [-0.2, 0) is 17.6 Å². The summed E-state index contributed by atoms with van der Waals surface area (Å²) in [5, 5.41) is 6.93. The molecule has 0 bridgehead atoms. The van der Waals surface area contributed by atoms with Gasteiger partial charge in [-0.1, -0.05) is 6.92 Å². The molecule has 2 N–H and O–H groups in total. The van der Waals surface area contributed by atoms with Gasteiger partial charge in [-0.25, -0.2) is 0 Å². The number of fused-ring (bicyclic) bond motifs is 1. The Morgan fingerprint density at radius 3 is 2.65 bits per heavy atom. The lowest BCUT2D eigenvalue weighted by atomic mass is 9.95. The van der Waals surface area contributed by atoms with E-state index >= 15 is 0 Å². The van der Waals surface area contributed by atoms with Crippen LogP contribution in [0.5, 0.6) is 0 Å². The Kier molecular flexibility index (Phi) is 3.92. The molecule has 4 rings (SSSR count). The number of thiophene rings is 1. The van der Waals surface area contributed by atoms with Crippen LogP contribution < -0.4 is 10.6 Å². The van der Waals surface area contributed by atoms with Crippen LogP contribution >= 0.6 is 11.3 Å². The highest BCUT2D eigenvalue weighted by molar-refractivity contribution is 7.17. The Labute approximate surface area is 141 Å². The lowest BCUT2D eigenvalue weighted by molar-refractivity contribution is -0.117. The predicted octanol–water partition coefficient (Wildman–Crippen LogP) is 3.36. The van der Waals surface area contributed by atoms with Crippen molar-refractivity contribution in [2.45, 2.75) is 51.9 Å². The fourth-order valence-electron chi connectivity index (χ4n) is 3.43. The van der Waals surface area contributed by atoms with Crippen molar-refractivity contribution in [2.24, 2.45) is 17.8 Å². The number of hydrogen-bond donors (Lipinski definition) is 2. The molecule has 2 atom stereocenters. The number of carbonyl (C=O) groups is 2. The van der Waals surface area contributed by atoms with E-state index in [1.54, 1.807) is 11.3 Å². The Bertz CT molecular complexity index is 648. The third-order valence-electron chi connectivity index (χ3n) is 5.33. The summed E-state index contributed by atoms with van der Waals surface area (Å²) in [6.45, 7) is 2.88. The summed E-state index contributed by atoms with van der Waals surface area (Å²) in [5.41, 5.74) is 1.95. The van der Waals surface area contributed by atoms with Gasteiger partial charge in [-0.05, 0) is 62.3 Å². The van der Waals surface area contributed by atoms with Crippen LogP contribution in [0, 0.1) is 17.8 Å². The van der Waals surface area contributed by atoms with E-state index in [1.807, 2.05) is 0 Å². The number of nitrogens with one attached hydrogen (secondary N) is 2. The number of anilines is 1. The second kappa shape index (κ2) is 5.93. The molecule has 124 valence electrons. The summed E-state index contributed by atoms with van der Waals surface area (Å²) < 4.78 is 0. The molecule has 2 fully saturated rings. The quantitative estimate of drug-likeness (QED) is 0.868. The van der Waals surface area contributed by atoms with Gasteiger partial charge in [0.1, 0.15) is 5.00 Å². The lowest BCUT2D eigenvalue weighted by Crippen LogP contribution is -2.27. The van der Waals surface area contributed by atoms with Gasteiger partial charge < -0.3 is 10.6 Å². The fourth-order valence-corrected chi connectivity index (χ4v) is 4.72. The molecule has 0 saturated heterocycles. The molecule has 23 heavy (non-hydrogen) atoms. The second-order valence-corrected chi connectivity index (χ2v) is 8.48. The van der Waals surface area contributed by atoms with Gasteiger partial charge in [0.2, 0.25) is 5.91 Å². The van der Waals surface area contributed by atoms with Crippen molar-refractivity contribution in [3.8, 4) is 0 Å². The van der Waals surface area contributed by atoms with Crippen molar-refractivity contribution in [2.75, 3.05) is 11.9 Å². The van der Waals surface area contributed by atoms with Gasteiger partial charge in [0.05, 0.1) is 5.56 Å². The van der Waals surface area contributed by atoms with Crippen molar-refractivity contribution < 1.29 is 9.59 Å². The summed E-state index contributed by atoms with van der Waals surface area (Å²) in [5.74, 6) is 1.38. The van der Waals surface area contributed by atoms with E-state index in [4.69, 9.17) is 0 Å². The van der Waals surface area contributed by atoms with Crippen LogP contribution in [0.3, 0.4) is 0 Å². The van der Waals surface area contributed by atoms with Gasteiger partial charge >= 0.3 is 0 Å². The first-order valence-corrected chi connectivity index (χ1v) is 9.68. The monoisotopic (exact) mass is 332 g/mol. The van der Waals surface area contributed by atoms with Crippen LogP contribution in [0.4, 0.5) is 5.00 Å². The highest BCUT2D eigenvalue weighted by Crippen LogP contribution is 2.42. The lowest BCUT2D eigenvalue weighted by Gasteiger charge is -2.13. The first kappa shape index (κ1) is 15.2. The molecule has 2 saturated carbocycles. The van der Waals surface area contributed by atoms with E-state index in [1.165, 1.54) is 29.7 Å². The van der Waals surface area contributed by atoms with Gasteiger partial charge in [0, 0.05) is 17.3 Å². The molecule has 5 heteroatoms. The Hall–Kier alpha value is -1.36. The number of carbonyl (C=O) groups excluding carboxylic acids is 2. The largest absolute Gasteiger partial charge is 0.352 e. The maximum Gasteiger partial charge on any atom is 0.254 e. The van der Waals surface area contributed by atoms with E-state index in [2.05, 4.69) is 17.6 Å². The molecule has 0 radical (unpaired) electrons. The van der Waals surface area contributed by atoms with Crippen molar-refractivity contribution >= 4 is 28.2 Å². The van der Waals surface area contributed by atoms with Crippen LogP contribution in [0.25, 0.3) is 0 Å².